The molecule has 0 unspecified atom stereocenters. The van der Waals surface area contributed by atoms with E-state index in [9.17, 15) is 9.59 Å². The number of aromatic nitrogens is 1. The summed E-state index contributed by atoms with van der Waals surface area (Å²) in [4.78, 5) is 29.8. The first-order chi connectivity index (χ1) is 9.58. The van der Waals surface area contributed by atoms with Crippen molar-refractivity contribution >= 4 is 28.3 Å². The van der Waals surface area contributed by atoms with Crippen molar-refractivity contribution in [1.29, 1.82) is 0 Å². The molecular formula is C15H23N3O2S. The minimum Gasteiger partial charge on any atom is -0.336 e. The fourth-order valence-corrected chi connectivity index (χ4v) is 4.11. The molecule has 21 heavy (non-hydrogen) atoms. The predicted octanol–water partition coefficient (Wildman–Crippen LogP) is 3.00. The van der Waals surface area contributed by atoms with Crippen molar-refractivity contribution in [2.45, 2.75) is 41.0 Å². The highest BCUT2D eigenvalue weighted by Crippen LogP contribution is 2.40. The molecule has 1 fully saturated rings. The van der Waals surface area contributed by atoms with Gasteiger partial charge in [0.05, 0.1) is 0 Å². The van der Waals surface area contributed by atoms with Crippen molar-refractivity contribution in [2.24, 2.45) is 10.8 Å². The van der Waals surface area contributed by atoms with Gasteiger partial charge in [-0.05, 0) is 17.3 Å². The molecule has 1 aliphatic rings. The summed E-state index contributed by atoms with van der Waals surface area (Å²) in [6.45, 7) is 11.7. The van der Waals surface area contributed by atoms with Crippen LogP contribution in [0.4, 0.5) is 5.13 Å². The smallest absolute Gasteiger partial charge is 0.273 e. The Morgan fingerprint density at radius 2 is 1.81 bits per heavy atom. The topological polar surface area (TPSA) is 62.3 Å². The van der Waals surface area contributed by atoms with Gasteiger partial charge in [0.2, 0.25) is 5.91 Å². The van der Waals surface area contributed by atoms with Gasteiger partial charge in [0, 0.05) is 25.4 Å². The van der Waals surface area contributed by atoms with E-state index in [-0.39, 0.29) is 22.6 Å². The summed E-state index contributed by atoms with van der Waals surface area (Å²) in [6.07, 6.45) is 1.10. The van der Waals surface area contributed by atoms with Gasteiger partial charge in [0.25, 0.3) is 5.91 Å². The Morgan fingerprint density at radius 3 is 2.33 bits per heavy atom. The molecule has 2 heterocycles. The van der Waals surface area contributed by atoms with Crippen molar-refractivity contribution in [3.8, 4) is 0 Å². The number of anilines is 1. The second-order valence-corrected chi connectivity index (χ2v) is 8.24. The molecule has 0 bridgehead atoms. The Labute approximate surface area is 129 Å². The molecule has 0 saturated carbocycles. The maximum atomic E-state index is 12.6. The molecule has 0 atom stereocenters. The van der Waals surface area contributed by atoms with Crippen LogP contribution in [0, 0.1) is 10.8 Å². The summed E-state index contributed by atoms with van der Waals surface area (Å²) in [5, 5.41) is 4.80. The summed E-state index contributed by atoms with van der Waals surface area (Å²) in [6, 6.07) is 0. The van der Waals surface area contributed by atoms with Gasteiger partial charge in [0.15, 0.2) is 5.13 Å². The van der Waals surface area contributed by atoms with E-state index in [0.717, 1.165) is 19.5 Å². The highest BCUT2D eigenvalue weighted by Gasteiger charge is 2.39. The standard InChI is InChI=1S/C15H23N3O2S/c1-10(19)16-13-17-11(6-21-13)12(20)18-8-14(2,3)7-15(4,5)9-18/h6H,7-9H2,1-5H3,(H,16,17,19). The molecule has 5 nitrogen and oxygen atoms in total. The Balaban J connectivity index is 2.15. The van der Waals surface area contributed by atoms with Crippen LogP contribution in [0.5, 0.6) is 0 Å². The van der Waals surface area contributed by atoms with E-state index in [2.05, 4.69) is 38.0 Å². The number of carbonyl (C=O) groups excluding carboxylic acids is 2. The summed E-state index contributed by atoms with van der Waals surface area (Å²) >= 11 is 1.28. The van der Waals surface area contributed by atoms with Crippen molar-refractivity contribution in [3.63, 3.8) is 0 Å². The molecule has 2 rings (SSSR count). The molecule has 6 heteroatoms. The minimum absolute atomic E-state index is 0.0521. The van der Waals surface area contributed by atoms with Gasteiger partial charge in [0.1, 0.15) is 5.69 Å². The van der Waals surface area contributed by atoms with Crippen LogP contribution >= 0.6 is 11.3 Å². The van der Waals surface area contributed by atoms with Crippen LogP contribution < -0.4 is 5.32 Å². The van der Waals surface area contributed by atoms with E-state index in [1.165, 1.54) is 18.3 Å². The van der Waals surface area contributed by atoms with Gasteiger partial charge >= 0.3 is 0 Å². The van der Waals surface area contributed by atoms with Crippen LogP contribution in [0.2, 0.25) is 0 Å². The third kappa shape index (κ3) is 4.03. The normalized spacial score (nSPS) is 20.1. The zero-order chi connectivity index (χ0) is 15.8. The van der Waals surface area contributed by atoms with Gasteiger partial charge < -0.3 is 10.2 Å². The third-order valence-electron chi connectivity index (χ3n) is 3.49. The lowest BCUT2D eigenvalue weighted by atomic mass is 9.71. The number of likely N-dealkylation sites (tertiary alicyclic amines) is 1. The van der Waals surface area contributed by atoms with E-state index >= 15 is 0 Å². The maximum Gasteiger partial charge on any atom is 0.273 e. The molecule has 0 aromatic carbocycles. The van der Waals surface area contributed by atoms with E-state index < -0.39 is 0 Å². The Morgan fingerprint density at radius 1 is 1.24 bits per heavy atom. The lowest BCUT2D eigenvalue weighted by Crippen LogP contribution is -2.50. The number of hydrogen-bond acceptors (Lipinski definition) is 4. The average molecular weight is 309 g/mol. The number of piperidine rings is 1. The van der Waals surface area contributed by atoms with Crippen LogP contribution in [0.1, 0.15) is 51.5 Å². The van der Waals surface area contributed by atoms with E-state index in [4.69, 9.17) is 0 Å². The molecule has 1 aromatic rings. The molecular weight excluding hydrogens is 286 g/mol. The average Bonchev–Trinajstić information content (AvgIpc) is 2.71. The number of carbonyl (C=O) groups is 2. The molecule has 1 aliphatic heterocycles. The van der Waals surface area contributed by atoms with Gasteiger partial charge in [-0.2, -0.15) is 0 Å². The summed E-state index contributed by atoms with van der Waals surface area (Å²) < 4.78 is 0. The summed E-state index contributed by atoms with van der Waals surface area (Å²) in [5.41, 5.74) is 0.624. The van der Waals surface area contributed by atoms with Gasteiger partial charge in [-0.25, -0.2) is 4.98 Å². The zero-order valence-electron chi connectivity index (χ0n) is 13.3. The van der Waals surface area contributed by atoms with Crippen molar-refractivity contribution in [3.05, 3.63) is 11.1 Å². The molecule has 116 valence electrons. The van der Waals surface area contributed by atoms with Crippen LogP contribution in [-0.2, 0) is 4.79 Å². The van der Waals surface area contributed by atoms with Gasteiger partial charge in [-0.3, -0.25) is 9.59 Å². The van der Waals surface area contributed by atoms with Gasteiger partial charge in [-0.15, -0.1) is 11.3 Å². The van der Waals surface area contributed by atoms with Crippen LogP contribution in [0.25, 0.3) is 0 Å². The molecule has 0 radical (unpaired) electrons. The van der Waals surface area contributed by atoms with Crippen LogP contribution in [-0.4, -0.2) is 34.8 Å². The molecule has 1 N–H and O–H groups in total. The number of nitrogens with one attached hydrogen (secondary N) is 1. The van der Waals surface area contributed by atoms with E-state index in [1.807, 2.05) is 4.90 Å². The number of hydrogen-bond donors (Lipinski definition) is 1. The monoisotopic (exact) mass is 309 g/mol. The Hall–Kier alpha value is -1.43. The lowest BCUT2D eigenvalue weighted by Gasteiger charge is -2.46. The second-order valence-electron chi connectivity index (χ2n) is 7.39. The number of thiazole rings is 1. The largest absolute Gasteiger partial charge is 0.336 e. The number of nitrogens with zero attached hydrogens (tertiary/aromatic N) is 2. The van der Waals surface area contributed by atoms with E-state index in [0.29, 0.717) is 10.8 Å². The fraction of sp³-hybridized carbons (Fsp3) is 0.667. The Kier molecular flexibility index (Phi) is 4.10. The second kappa shape index (κ2) is 5.40. The summed E-state index contributed by atoms with van der Waals surface area (Å²) in [7, 11) is 0. The number of amides is 2. The van der Waals surface area contributed by atoms with Crippen LogP contribution in [0.3, 0.4) is 0 Å². The van der Waals surface area contributed by atoms with Crippen molar-refractivity contribution in [2.75, 3.05) is 18.4 Å². The molecule has 0 aliphatic carbocycles. The first-order valence-electron chi connectivity index (χ1n) is 7.10. The number of rotatable bonds is 2. The fourth-order valence-electron chi connectivity index (χ4n) is 3.38. The maximum absolute atomic E-state index is 12.6. The van der Waals surface area contributed by atoms with Crippen LogP contribution in [0.15, 0.2) is 5.38 Å². The van der Waals surface area contributed by atoms with Gasteiger partial charge in [-0.1, -0.05) is 27.7 Å². The molecule has 0 spiro atoms. The van der Waals surface area contributed by atoms with Crippen molar-refractivity contribution in [1.82, 2.24) is 9.88 Å². The zero-order valence-corrected chi connectivity index (χ0v) is 14.1. The molecule has 1 saturated heterocycles. The van der Waals surface area contributed by atoms with Crippen molar-refractivity contribution < 1.29 is 9.59 Å². The summed E-state index contributed by atoms with van der Waals surface area (Å²) in [5.74, 6) is -0.229. The van der Waals surface area contributed by atoms with E-state index in [1.54, 1.807) is 5.38 Å². The molecule has 2 amide bonds. The Bertz CT molecular complexity index is 547. The first kappa shape index (κ1) is 15.9. The highest BCUT2D eigenvalue weighted by atomic mass is 32.1. The lowest BCUT2D eigenvalue weighted by molar-refractivity contribution is -0.114. The SMILES string of the molecule is CC(=O)Nc1nc(C(=O)N2CC(C)(C)CC(C)(C)C2)cs1. The predicted molar refractivity (Wildman–Crippen MR) is 84.5 cm³/mol. The first-order valence-corrected chi connectivity index (χ1v) is 7.98. The molecule has 1 aromatic heterocycles. The quantitative estimate of drug-likeness (QED) is 0.913. The highest BCUT2D eigenvalue weighted by molar-refractivity contribution is 7.14. The minimum atomic E-state index is -0.177. The third-order valence-corrected chi connectivity index (χ3v) is 4.25.